The first-order chi connectivity index (χ1) is 9.46. The summed E-state index contributed by atoms with van der Waals surface area (Å²) in [6.07, 6.45) is 0.847. The Bertz CT molecular complexity index is 489. The average molecular weight is 363 g/mol. The molecule has 0 N–H and O–H groups in total. The van der Waals surface area contributed by atoms with Gasteiger partial charge in [0.15, 0.2) is 17.0 Å². The zero-order valence-electron chi connectivity index (χ0n) is 12.4. The van der Waals surface area contributed by atoms with Gasteiger partial charge < -0.3 is 14.2 Å². The minimum atomic E-state index is 0.0204. The molecule has 112 valence electrons. The van der Waals surface area contributed by atoms with E-state index >= 15 is 0 Å². The normalized spacial score (nSPS) is 11.2. The van der Waals surface area contributed by atoms with E-state index in [1.807, 2.05) is 0 Å². The highest BCUT2D eigenvalue weighted by Crippen LogP contribution is 2.45. The van der Waals surface area contributed by atoms with Gasteiger partial charge in [0.05, 0.1) is 25.8 Å². The summed E-state index contributed by atoms with van der Waals surface area (Å²) in [5, 5.41) is 0. The van der Waals surface area contributed by atoms with Crippen LogP contribution in [0, 0.1) is 5.92 Å². The van der Waals surface area contributed by atoms with Crippen molar-refractivity contribution in [3.05, 3.63) is 16.1 Å². The lowest BCUT2D eigenvalue weighted by Crippen LogP contribution is -2.05. The monoisotopic (exact) mass is 362 g/mol. The third-order valence-corrected chi connectivity index (χ3v) is 4.86. The van der Waals surface area contributed by atoms with Crippen molar-refractivity contribution >= 4 is 30.0 Å². The number of carbonyl (C=O) groups is 1. The molecule has 1 aromatic carbocycles. The average Bonchev–Trinajstić information content (AvgIpc) is 2.43. The van der Waals surface area contributed by atoms with Crippen LogP contribution in [0.2, 0.25) is 0 Å². The summed E-state index contributed by atoms with van der Waals surface area (Å²) in [6.45, 7) is 4.19. The standard InChI is InChI=1S/C14H20BrO4P/c1-8(2)7-20-14(16)11-12(18-4)9(15)6-10(17-3)13(11)19-5/h6,8,20H,7H2,1-5H3. The van der Waals surface area contributed by atoms with Gasteiger partial charge in [0.1, 0.15) is 11.3 Å². The van der Waals surface area contributed by atoms with Crippen molar-refractivity contribution in [1.82, 2.24) is 0 Å². The lowest BCUT2D eigenvalue weighted by molar-refractivity contribution is 0.107. The quantitative estimate of drug-likeness (QED) is 0.689. The molecule has 0 spiro atoms. The number of carbonyl (C=O) groups excluding carboxylic acids is 1. The Labute approximate surface area is 130 Å². The fourth-order valence-electron chi connectivity index (χ4n) is 1.74. The molecular formula is C14H20BrO4P. The zero-order chi connectivity index (χ0) is 15.3. The molecule has 0 aliphatic heterocycles. The Morgan fingerprint density at radius 1 is 1.20 bits per heavy atom. The number of hydrogen-bond acceptors (Lipinski definition) is 4. The molecule has 0 fully saturated rings. The van der Waals surface area contributed by atoms with Gasteiger partial charge in [-0.2, -0.15) is 0 Å². The molecule has 6 heteroatoms. The highest BCUT2D eigenvalue weighted by molar-refractivity contribution is 9.10. The van der Waals surface area contributed by atoms with Crippen LogP contribution in [-0.2, 0) is 0 Å². The summed E-state index contributed by atoms with van der Waals surface area (Å²) in [7, 11) is 4.78. The Balaban J connectivity index is 3.32. The Hall–Kier alpha value is -0.800. The van der Waals surface area contributed by atoms with Crippen LogP contribution in [0.1, 0.15) is 24.2 Å². The molecule has 0 amide bonds. The molecule has 1 unspecified atom stereocenters. The Morgan fingerprint density at radius 3 is 2.25 bits per heavy atom. The first kappa shape index (κ1) is 17.3. The summed E-state index contributed by atoms with van der Waals surface area (Å²) in [5.74, 6) is 1.90. The van der Waals surface area contributed by atoms with Crippen molar-refractivity contribution in [1.29, 1.82) is 0 Å². The van der Waals surface area contributed by atoms with Crippen LogP contribution in [0.4, 0.5) is 0 Å². The molecule has 0 aromatic heterocycles. The lowest BCUT2D eigenvalue weighted by atomic mass is 10.1. The second-order valence-corrected chi connectivity index (χ2v) is 6.68. The first-order valence-electron chi connectivity index (χ1n) is 6.22. The second kappa shape index (κ2) is 7.84. The zero-order valence-corrected chi connectivity index (χ0v) is 15.0. The molecule has 4 nitrogen and oxygen atoms in total. The van der Waals surface area contributed by atoms with Gasteiger partial charge in [-0.3, -0.25) is 4.79 Å². The molecule has 0 aliphatic carbocycles. The summed E-state index contributed by atoms with van der Waals surface area (Å²) in [4.78, 5) is 12.5. The number of hydrogen-bond donors (Lipinski definition) is 0. The minimum Gasteiger partial charge on any atom is -0.495 e. The van der Waals surface area contributed by atoms with E-state index in [-0.39, 0.29) is 14.1 Å². The van der Waals surface area contributed by atoms with E-state index in [1.54, 1.807) is 13.2 Å². The molecule has 1 atom stereocenters. The van der Waals surface area contributed by atoms with E-state index in [4.69, 9.17) is 14.2 Å². The molecule has 0 saturated carbocycles. The van der Waals surface area contributed by atoms with E-state index < -0.39 is 0 Å². The van der Waals surface area contributed by atoms with E-state index in [1.165, 1.54) is 14.2 Å². The van der Waals surface area contributed by atoms with Crippen molar-refractivity contribution < 1.29 is 19.0 Å². The number of halogens is 1. The fraction of sp³-hybridized carbons (Fsp3) is 0.500. The fourth-order valence-corrected chi connectivity index (χ4v) is 3.30. The Morgan fingerprint density at radius 2 is 1.80 bits per heavy atom. The largest absolute Gasteiger partial charge is 0.495 e. The molecule has 20 heavy (non-hydrogen) atoms. The van der Waals surface area contributed by atoms with Gasteiger partial charge in [0.25, 0.3) is 0 Å². The molecule has 0 radical (unpaired) electrons. The van der Waals surface area contributed by atoms with Gasteiger partial charge in [-0.15, -0.1) is 0 Å². The topological polar surface area (TPSA) is 44.8 Å². The van der Waals surface area contributed by atoms with Crippen molar-refractivity contribution in [2.45, 2.75) is 13.8 Å². The van der Waals surface area contributed by atoms with E-state index in [9.17, 15) is 4.79 Å². The molecular weight excluding hydrogens is 343 g/mol. The van der Waals surface area contributed by atoms with Crippen LogP contribution in [0.15, 0.2) is 10.5 Å². The van der Waals surface area contributed by atoms with Gasteiger partial charge in [0, 0.05) is 6.07 Å². The van der Waals surface area contributed by atoms with Gasteiger partial charge in [-0.1, -0.05) is 13.8 Å². The van der Waals surface area contributed by atoms with Crippen LogP contribution in [-0.4, -0.2) is 33.0 Å². The molecule has 1 aromatic rings. The third-order valence-electron chi connectivity index (χ3n) is 2.68. The van der Waals surface area contributed by atoms with Crippen molar-refractivity contribution in [3.8, 4) is 17.2 Å². The SMILES string of the molecule is COc1cc(Br)c(OC)c(C(=O)PCC(C)C)c1OC. The van der Waals surface area contributed by atoms with Crippen LogP contribution in [0.3, 0.4) is 0 Å². The molecule has 0 bridgehead atoms. The van der Waals surface area contributed by atoms with Gasteiger partial charge in [-0.05, 0) is 36.6 Å². The maximum absolute atomic E-state index is 12.5. The predicted molar refractivity (Wildman–Crippen MR) is 86.1 cm³/mol. The molecule has 0 aliphatic rings. The van der Waals surface area contributed by atoms with Crippen molar-refractivity contribution in [2.75, 3.05) is 27.5 Å². The summed E-state index contributed by atoms with van der Waals surface area (Å²) in [6, 6.07) is 1.74. The first-order valence-corrected chi connectivity index (χ1v) is 8.22. The molecule has 0 saturated heterocycles. The van der Waals surface area contributed by atoms with Gasteiger partial charge >= 0.3 is 0 Å². The highest BCUT2D eigenvalue weighted by Gasteiger charge is 2.25. The van der Waals surface area contributed by atoms with Gasteiger partial charge in [-0.25, -0.2) is 0 Å². The lowest BCUT2D eigenvalue weighted by Gasteiger charge is -2.17. The maximum Gasteiger partial charge on any atom is 0.188 e. The Kier molecular flexibility index (Phi) is 6.77. The maximum atomic E-state index is 12.5. The van der Waals surface area contributed by atoms with Crippen LogP contribution >= 0.6 is 24.5 Å². The smallest absolute Gasteiger partial charge is 0.188 e. The van der Waals surface area contributed by atoms with Crippen LogP contribution in [0.25, 0.3) is 0 Å². The number of benzene rings is 1. The van der Waals surface area contributed by atoms with Crippen LogP contribution in [0.5, 0.6) is 17.2 Å². The van der Waals surface area contributed by atoms with Crippen molar-refractivity contribution in [2.24, 2.45) is 5.92 Å². The van der Waals surface area contributed by atoms with E-state index in [2.05, 4.69) is 29.8 Å². The summed E-state index contributed by atoms with van der Waals surface area (Å²) >= 11 is 3.40. The molecule has 1 rings (SSSR count). The van der Waals surface area contributed by atoms with Gasteiger partial charge in [0.2, 0.25) is 0 Å². The number of ether oxygens (including phenoxy) is 3. The minimum absolute atomic E-state index is 0.0204. The summed E-state index contributed by atoms with van der Waals surface area (Å²) < 4.78 is 16.6. The molecule has 0 heterocycles. The predicted octanol–water partition coefficient (Wildman–Crippen LogP) is 3.95. The summed E-state index contributed by atoms with van der Waals surface area (Å²) in [5.41, 5.74) is 0.465. The number of rotatable bonds is 7. The number of methoxy groups -OCH3 is 3. The second-order valence-electron chi connectivity index (χ2n) is 4.61. The van der Waals surface area contributed by atoms with Crippen molar-refractivity contribution in [3.63, 3.8) is 0 Å². The third kappa shape index (κ3) is 3.86. The van der Waals surface area contributed by atoms with E-state index in [0.717, 1.165) is 6.16 Å². The van der Waals surface area contributed by atoms with E-state index in [0.29, 0.717) is 33.2 Å². The van der Waals surface area contributed by atoms with Crippen LogP contribution < -0.4 is 14.2 Å². The highest BCUT2D eigenvalue weighted by atomic mass is 79.9.